The van der Waals surface area contributed by atoms with Crippen molar-refractivity contribution in [1.82, 2.24) is 29.1 Å². The Morgan fingerprint density at radius 3 is 1.42 bits per heavy atom. The maximum atomic E-state index is 13.5. The number of rotatable bonds is 8. The van der Waals surface area contributed by atoms with Gasteiger partial charge in [0.1, 0.15) is 0 Å². The lowest BCUT2D eigenvalue weighted by molar-refractivity contribution is -0.141. The van der Waals surface area contributed by atoms with Gasteiger partial charge >= 0.3 is 12.4 Å². The van der Waals surface area contributed by atoms with Crippen LogP contribution in [0.1, 0.15) is 22.5 Å². The smallest absolute Gasteiger partial charge is 0.297 e. The molecule has 8 nitrogen and oxygen atoms in total. The molecule has 8 aromatic rings. The Labute approximate surface area is 394 Å². The van der Waals surface area contributed by atoms with Crippen LogP contribution in [-0.2, 0) is 22.2 Å². The molecule has 332 valence electrons. The molecule has 0 bridgehead atoms. The minimum absolute atomic E-state index is 0.0241. The summed E-state index contributed by atoms with van der Waals surface area (Å²) in [6, 6.07) is 19.7. The number of imidazole rings is 2. The summed E-state index contributed by atoms with van der Waals surface area (Å²) in [5.74, 6) is 0.179. The topological polar surface area (TPSA) is 95.6 Å². The molecule has 8 rings (SSSR count). The summed E-state index contributed by atoms with van der Waals surface area (Å²) in [4.78, 5) is 18.8. The van der Waals surface area contributed by atoms with Gasteiger partial charge in [-0.2, -0.15) is 26.3 Å². The normalized spacial score (nSPS) is 12.1. The summed E-state index contributed by atoms with van der Waals surface area (Å²) in [5, 5.41) is 2.04. The number of hydrogen-bond donors (Lipinski definition) is 0. The zero-order chi connectivity index (χ0) is 46.5. The molecule has 22 heteroatoms. The van der Waals surface area contributed by atoms with E-state index in [-0.39, 0.29) is 32.4 Å². The van der Waals surface area contributed by atoms with Gasteiger partial charge in [0.05, 0.1) is 36.2 Å². The van der Waals surface area contributed by atoms with Gasteiger partial charge in [0, 0.05) is 62.0 Å². The van der Waals surface area contributed by atoms with E-state index in [9.17, 15) is 34.8 Å². The van der Waals surface area contributed by atoms with Gasteiger partial charge in [-0.25, -0.2) is 28.4 Å². The molecule has 0 saturated heterocycles. The van der Waals surface area contributed by atoms with Crippen LogP contribution in [0.3, 0.4) is 0 Å². The minimum Gasteiger partial charge on any atom is -0.297 e. The zero-order valence-corrected chi connectivity index (χ0v) is 39.4. The van der Waals surface area contributed by atoms with E-state index >= 15 is 0 Å². The minimum atomic E-state index is -4.66. The van der Waals surface area contributed by atoms with Crippen LogP contribution in [0.15, 0.2) is 108 Å². The lowest BCUT2D eigenvalue weighted by Crippen LogP contribution is -2.05. The number of pyridine rings is 2. The first kappa shape index (κ1) is 47.6. The van der Waals surface area contributed by atoms with E-state index in [0.717, 1.165) is 39.7 Å². The Morgan fingerprint density at radius 1 is 0.609 bits per heavy atom. The predicted octanol–water partition coefficient (Wildman–Crippen LogP) is 14.7. The van der Waals surface area contributed by atoms with Crippen LogP contribution in [0.5, 0.6) is 0 Å². The second-order valence-electron chi connectivity index (χ2n) is 13.8. The molecule has 6 heterocycles. The highest BCUT2D eigenvalue weighted by Crippen LogP contribution is 2.42. The summed E-state index contributed by atoms with van der Waals surface area (Å²) in [6.07, 6.45) is -1.24. The molecule has 2 aromatic carbocycles. The van der Waals surface area contributed by atoms with E-state index in [0.29, 0.717) is 41.5 Å². The van der Waals surface area contributed by atoms with E-state index < -0.39 is 33.6 Å². The summed E-state index contributed by atoms with van der Waals surface area (Å²) in [7, 11) is -3.48. The van der Waals surface area contributed by atoms with Gasteiger partial charge in [-0.1, -0.05) is 46.4 Å². The third-order valence-electron chi connectivity index (χ3n) is 9.16. The van der Waals surface area contributed by atoms with Crippen LogP contribution >= 0.6 is 80.8 Å². The summed E-state index contributed by atoms with van der Waals surface area (Å²) < 4.78 is 107. The fraction of sp³-hybridized carbons (Fsp3) is 0.143. The molecule has 64 heavy (non-hydrogen) atoms. The molecule has 0 unspecified atom stereocenters. The van der Waals surface area contributed by atoms with Crippen molar-refractivity contribution < 1.29 is 34.8 Å². The quantitative estimate of drug-likeness (QED) is 0.110. The third-order valence-corrected chi connectivity index (χ3v) is 14.5. The van der Waals surface area contributed by atoms with Gasteiger partial charge in [0.25, 0.3) is 0 Å². The first-order valence-electron chi connectivity index (χ1n) is 18.1. The van der Waals surface area contributed by atoms with Crippen LogP contribution in [0.4, 0.5) is 26.3 Å². The molecule has 0 radical (unpaired) electrons. The monoisotopic (exact) mass is 1030 g/mol. The van der Waals surface area contributed by atoms with Gasteiger partial charge in [-0.3, -0.25) is 9.13 Å². The molecule has 0 aliphatic rings. The molecule has 0 N–H and O–H groups in total. The molecule has 0 atom stereocenters. The Kier molecular flexibility index (Phi) is 13.7. The molecule has 0 amide bonds. The average Bonchev–Trinajstić information content (AvgIpc) is 4.05. The number of thiophene rings is 2. The Bertz CT molecular complexity index is 3160. The number of nitrogens with zero attached hydrogens (tertiary/aromatic N) is 6. The highest BCUT2D eigenvalue weighted by atomic mass is 35.5. The van der Waals surface area contributed by atoms with Crippen molar-refractivity contribution >= 4 is 90.7 Å². The highest BCUT2D eigenvalue weighted by molar-refractivity contribution is 7.98. The predicted molar refractivity (Wildman–Crippen MR) is 245 cm³/mol. The highest BCUT2D eigenvalue weighted by Gasteiger charge is 2.37. The number of sulfone groups is 1. The fourth-order valence-electron chi connectivity index (χ4n) is 6.31. The van der Waals surface area contributed by atoms with Crippen LogP contribution in [0.2, 0.25) is 20.1 Å². The molecule has 0 spiro atoms. The van der Waals surface area contributed by atoms with Gasteiger partial charge in [0.2, 0.25) is 0 Å². The first-order chi connectivity index (χ1) is 30.0. The Morgan fingerprint density at radius 2 is 1.03 bits per heavy atom. The standard InChI is InChI=1S/C21H14Cl2F3N3O2S2.C21H14Cl2F3N3S2/c1-11-7-12(9-27-20(11)33(2,30)31)16-5-6-17(32-16)19-28-18(21(24,25)26)10-29(19)15-8-13(22)3-4-14(15)23;1-11-7-12(9-27-20(11)30-2)16-5-6-17(31-16)19-28-18(21(24,25)26)10-29(19)15-8-13(22)3-4-14(15)23/h3-10H,1-2H3;3-10H,1-2H3. The third kappa shape index (κ3) is 10.3. The second-order valence-corrected chi connectivity index (χ2v) is 20.4. The molecule has 0 aliphatic heterocycles. The molecule has 0 aliphatic carbocycles. The Hall–Kier alpha value is -4.40. The van der Waals surface area contributed by atoms with Crippen molar-refractivity contribution in [2.45, 2.75) is 36.3 Å². The van der Waals surface area contributed by atoms with Crippen molar-refractivity contribution in [2.24, 2.45) is 0 Å². The number of benzene rings is 2. The maximum absolute atomic E-state index is 13.5. The van der Waals surface area contributed by atoms with Crippen molar-refractivity contribution in [3.8, 4) is 53.7 Å². The van der Waals surface area contributed by atoms with Crippen molar-refractivity contribution in [3.05, 3.63) is 140 Å². The van der Waals surface area contributed by atoms with Gasteiger partial charge < -0.3 is 0 Å². The summed E-state index contributed by atoms with van der Waals surface area (Å²) in [6.45, 7) is 3.60. The number of thioether (sulfide) groups is 1. The largest absolute Gasteiger partial charge is 0.434 e. The number of alkyl halides is 6. The lowest BCUT2D eigenvalue weighted by atomic mass is 10.2. The van der Waals surface area contributed by atoms with E-state index in [2.05, 4.69) is 19.9 Å². The number of aromatic nitrogens is 6. The fourth-order valence-corrected chi connectivity index (χ4v) is 10.4. The number of halogens is 10. The molecule has 0 saturated carbocycles. The van der Waals surface area contributed by atoms with Crippen molar-refractivity contribution in [2.75, 3.05) is 12.5 Å². The Balaban J connectivity index is 0.000000192. The number of hydrogen-bond acceptors (Lipinski definition) is 9. The molecular weight excluding hydrogens is 1000 g/mol. The van der Waals surface area contributed by atoms with Gasteiger partial charge in [-0.05, 0) is 104 Å². The first-order valence-corrected chi connectivity index (χ1v) is 24.4. The zero-order valence-electron chi connectivity index (χ0n) is 33.2. The van der Waals surface area contributed by atoms with E-state index in [4.69, 9.17) is 46.4 Å². The van der Waals surface area contributed by atoms with E-state index in [1.165, 1.54) is 68.3 Å². The van der Waals surface area contributed by atoms with Crippen LogP contribution in [0.25, 0.3) is 53.7 Å². The lowest BCUT2D eigenvalue weighted by Gasteiger charge is -2.09. The number of aryl methyl sites for hydroxylation is 2. The van der Waals surface area contributed by atoms with Crippen molar-refractivity contribution in [1.29, 1.82) is 0 Å². The molecular formula is C42H28Cl4F6N6O2S4. The van der Waals surface area contributed by atoms with Gasteiger partial charge in [-0.15, -0.1) is 34.4 Å². The molecule has 6 aromatic heterocycles. The maximum Gasteiger partial charge on any atom is 0.434 e. The van der Waals surface area contributed by atoms with Crippen LogP contribution in [-0.4, -0.2) is 50.0 Å². The van der Waals surface area contributed by atoms with Crippen LogP contribution < -0.4 is 0 Å². The second kappa shape index (κ2) is 18.5. The van der Waals surface area contributed by atoms with E-state index in [1.807, 2.05) is 25.3 Å². The van der Waals surface area contributed by atoms with Crippen molar-refractivity contribution in [3.63, 3.8) is 0 Å². The van der Waals surface area contributed by atoms with Gasteiger partial charge in [0.15, 0.2) is 37.9 Å². The summed E-state index contributed by atoms with van der Waals surface area (Å²) in [5.41, 5.74) is 1.53. The van der Waals surface area contributed by atoms with Crippen LogP contribution in [0, 0.1) is 13.8 Å². The summed E-state index contributed by atoms with van der Waals surface area (Å²) >= 11 is 28.7. The SMILES string of the molecule is CSc1ncc(-c2ccc(-c3nc(C(F)(F)F)cn3-c3cc(Cl)ccc3Cl)s2)cc1C.Cc1cc(-c2ccc(-c3nc(C(F)(F)F)cn3-c3cc(Cl)ccc3Cl)s2)cnc1S(C)(=O)=O. The van der Waals surface area contributed by atoms with E-state index in [1.54, 1.807) is 55.2 Å². The molecule has 0 fully saturated rings. The average molecular weight is 1030 g/mol.